The van der Waals surface area contributed by atoms with Crippen LogP contribution in [0.25, 0.3) is 0 Å². The summed E-state index contributed by atoms with van der Waals surface area (Å²) in [6, 6.07) is 0. The Labute approximate surface area is 128 Å². The summed E-state index contributed by atoms with van der Waals surface area (Å²) in [6.07, 6.45) is 2.18. The van der Waals surface area contributed by atoms with E-state index in [2.05, 4.69) is 32.9 Å². The summed E-state index contributed by atoms with van der Waals surface area (Å²) in [4.78, 5) is 13.0. The number of aliphatic carboxylic acids is 1. The van der Waals surface area contributed by atoms with Gasteiger partial charge in [-0.25, -0.2) is 0 Å². The number of aryl methyl sites for hydroxylation is 2. The average molecular weight is 344 g/mol. The second-order valence-corrected chi connectivity index (χ2v) is 6.28. The summed E-state index contributed by atoms with van der Waals surface area (Å²) in [5.74, 6) is -0.171. The fourth-order valence-electron chi connectivity index (χ4n) is 2.85. The zero-order valence-electron chi connectivity index (χ0n) is 12.1. The van der Waals surface area contributed by atoms with E-state index in [0.717, 1.165) is 49.2 Å². The summed E-state index contributed by atoms with van der Waals surface area (Å²) < 4.78 is 3.15. The van der Waals surface area contributed by atoms with Crippen molar-refractivity contribution in [2.45, 2.75) is 46.2 Å². The van der Waals surface area contributed by atoms with Crippen LogP contribution in [0.2, 0.25) is 0 Å². The van der Waals surface area contributed by atoms with E-state index in [0.29, 0.717) is 5.92 Å². The molecule has 2 rings (SSSR count). The van der Waals surface area contributed by atoms with Crippen LogP contribution in [-0.2, 0) is 17.9 Å². The van der Waals surface area contributed by atoms with Crippen molar-refractivity contribution in [1.29, 1.82) is 0 Å². The fourth-order valence-corrected chi connectivity index (χ4v) is 3.26. The minimum Gasteiger partial charge on any atom is -0.481 e. The maximum atomic E-state index is 10.6. The van der Waals surface area contributed by atoms with Crippen LogP contribution in [0.5, 0.6) is 0 Å². The van der Waals surface area contributed by atoms with E-state index in [1.165, 1.54) is 5.69 Å². The van der Waals surface area contributed by atoms with Crippen LogP contribution in [0, 0.1) is 12.8 Å². The van der Waals surface area contributed by atoms with Gasteiger partial charge in [0.2, 0.25) is 0 Å². The largest absolute Gasteiger partial charge is 0.481 e. The van der Waals surface area contributed by atoms with Gasteiger partial charge in [0.1, 0.15) is 0 Å². The predicted octanol–water partition coefficient (Wildman–Crippen LogP) is 2.66. The molecular weight excluding hydrogens is 322 g/mol. The van der Waals surface area contributed by atoms with Crippen LogP contribution < -0.4 is 0 Å². The van der Waals surface area contributed by atoms with Crippen molar-refractivity contribution >= 4 is 21.9 Å². The first-order chi connectivity index (χ1) is 9.51. The quantitative estimate of drug-likeness (QED) is 0.862. The number of carboxylic acid groups (broad SMARTS) is 1. The third kappa shape index (κ3) is 3.61. The summed E-state index contributed by atoms with van der Waals surface area (Å²) in [6.45, 7) is 7.91. The number of carboxylic acids is 1. The molecule has 1 N–H and O–H groups in total. The second-order valence-electron chi connectivity index (χ2n) is 5.48. The van der Waals surface area contributed by atoms with E-state index in [4.69, 9.17) is 5.11 Å². The lowest BCUT2D eigenvalue weighted by Gasteiger charge is -2.17. The molecule has 0 saturated carbocycles. The van der Waals surface area contributed by atoms with E-state index >= 15 is 0 Å². The van der Waals surface area contributed by atoms with Crippen LogP contribution in [-0.4, -0.2) is 38.8 Å². The first kappa shape index (κ1) is 15.5. The Kier molecular flexibility index (Phi) is 5.21. The number of likely N-dealkylation sites (tertiary alicyclic amines) is 1. The molecule has 1 aromatic rings. The third-order valence-electron chi connectivity index (χ3n) is 3.96. The lowest BCUT2D eigenvalue weighted by Crippen LogP contribution is -2.22. The average Bonchev–Trinajstić information content (AvgIpc) is 2.96. The Morgan fingerprint density at radius 3 is 2.95 bits per heavy atom. The molecule has 0 aliphatic carbocycles. The monoisotopic (exact) mass is 343 g/mol. The van der Waals surface area contributed by atoms with Crippen LogP contribution in [0.4, 0.5) is 0 Å². The van der Waals surface area contributed by atoms with Crippen LogP contribution >= 0.6 is 15.9 Å². The molecule has 0 radical (unpaired) electrons. The third-order valence-corrected chi connectivity index (χ3v) is 4.99. The summed E-state index contributed by atoms with van der Waals surface area (Å²) in [5, 5.41) is 13.3. The van der Waals surface area contributed by atoms with E-state index < -0.39 is 5.97 Å². The highest BCUT2D eigenvalue weighted by Gasteiger charge is 2.25. The normalized spacial score (nSPS) is 19.6. The summed E-state index contributed by atoms with van der Waals surface area (Å²) >= 11 is 3.63. The van der Waals surface area contributed by atoms with Gasteiger partial charge >= 0.3 is 5.97 Å². The van der Waals surface area contributed by atoms with Gasteiger partial charge in [-0.3, -0.25) is 14.4 Å². The molecule has 1 aliphatic rings. The highest BCUT2D eigenvalue weighted by molar-refractivity contribution is 9.10. The van der Waals surface area contributed by atoms with Gasteiger partial charge in [0.25, 0.3) is 0 Å². The molecule has 20 heavy (non-hydrogen) atoms. The Bertz CT molecular complexity index is 487. The zero-order chi connectivity index (χ0) is 14.7. The SMILES string of the molecule is CCn1nc(C)c(Br)c1CN1CCC(CCC(=O)O)C1. The smallest absolute Gasteiger partial charge is 0.303 e. The summed E-state index contributed by atoms with van der Waals surface area (Å²) in [5.41, 5.74) is 2.26. The van der Waals surface area contributed by atoms with E-state index in [9.17, 15) is 4.79 Å². The molecule has 112 valence electrons. The molecule has 1 unspecified atom stereocenters. The van der Waals surface area contributed by atoms with Gasteiger partial charge < -0.3 is 5.11 Å². The Hall–Kier alpha value is -0.880. The number of nitrogens with zero attached hydrogens (tertiary/aromatic N) is 3. The number of carbonyl (C=O) groups is 1. The van der Waals surface area contributed by atoms with E-state index in [1.807, 2.05) is 11.6 Å². The van der Waals surface area contributed by atoms with Crippen LogP contribution in [0.3, 0.4) is 0 Å². The molecule has 0 amide bonds. The standard InChI is InChI=1S/C14H22BrN3O2/c1-3-18-12(14(15)10(2)16-18)9-17-7-6-11(8-17)4-5-13(19)20/h11H,3-9H2,1-2H3,(H,19,20). The zero-order valence-corrected chi connectivity index (χ0v) is 13.7. The number of hydrogen-bond acceptors (Lipinski definition) is 3. The Balaban J connectivity index is 1.93. The topological polar surface area (TPSA) is 58.4 Å². The molecule has 0 spiro atoms. The molecule has 1 aromatic heterocycles. The van der Waals surface area contributed by atoms with Crippen LogP contribution in [0.15, 0.2) is 4.47 Å². The molecule has 0 aromatic carbocycles. The molecular formula is C14H22BrN3O2. The van der Waals surface area contributed by atoms with Gasteiger partial charge in [0.05, 0.1) is 15.9 Å². The highest BCUT2D eigenvalue weighted by Crippen LogP contribution is 2.27. The van der Waals surface area contributed by atoms with E-state index in [-0.39, 0.29) is 6.42 Å². The number of halogens is 1. The minimum atomic E-state index is -0.689. The summed E-state index contributed by atoms with van der Waals surface area (Å²) in [7, 11) is 0. The van der Waals surface area contributed by atoms with Crippen LogP contribution in [0.1, 0.15) is 37.6 Å². The van der Waals surface area contributed by atoms with Crippen molar-refractivity contribution in [3.05, 3.63) is 15.9 Å². The molecule has 2 heterocycles. The minimum absolute atomic E-state index is 0.286. The van der Waals surface area contributed by atoms with Crippen molar-refractivity contribution < 1.29 is 9.90 Å². The molecule has 6 heteroatoms. The first-order valence-electron chi connectivity index (χ1n) is 7.17. The second kappa shape index (κ2) is 6.72. The highest BCUT2D eigenvalue weighted by atomic mass is 79.9. The van der Waals surface area contributed by atoms with Gasteiger partial charge in [-0.05, 0) is 55.1 Å². The predicted molar refractivity (Wildman–Crippen MR) is 80.6 cm³/mol. The first-order valence-corrected chi connectivity index (χ1v) is 7.96. The lowest BCUT2D eigenvalue weighted by molar-refractivity contribution is -0.137. The maximum Gasteiger partial charge on any atom is 0.303 e. The molecule has 1 aliphatic heterocycles. The number of hydrogen-bond donors (Lipinski definition) is 1. The van der Waals surface area contributed by atoms with Crippen molar-refractivity contribution in [3.8, 4) is 0 Å². The fraction of sp³-hybridized carbons (Fsp3) is 0.714. The molecule has 1 atom stereocenters. The van der Waals surface area contributed by atoms with Gasteiger partial charge in [0.15, 0.2) is 0 Å². The van der Waals surface area contributed by atoms with Crippen molar-refractivity contribution in [2.24, 2.45) is 5.92 Å². The van der Waals surface area contributed by atoms with Gasteiger partial charge in [-0.2, -0.15) is 5.10 Å². The van der Waals surface area contributed by atoms with Crippen molar-refractivity contribution in [1.82, 2.24) is 14.7 Å². The molecule has 5 nitrogen and oxygen atoms in total. The lowest BCUT2D eigenvalue weighted by atomic mass is 10.0. The maximum absolute atomic E-state index is 10.6. The molecule has 0 bridgehead atoms. The number of aromatic nitrogens is 2. The number of rotatable bonds is 6. The van der Waals surface area contributed by atoms with Crippen molar-refractivity contribution in [3.63, 3.8) is 0 Å². The van der Waals surface area contributed by atoms with Gasteiger partial charge in [-0.1, -0.05) is 0 Å². The molecule has 1 fully saturated rings. The molecule has 1 saturated heterocycles. The van der Waals surface area contributed by atoms with E-state index in [1.54, 1.807) is 0 Å². The van der Waals surface area contributed by atoms with Gasteiger partial charge in [-0.15, -0.1) is 0 Å². The van der Waals surface area contributed by atoms with Crippen molar-refractivity contribution in [2.75, 3.05) is 13.1 Å². The Morgan fingerprint density at radius 2 is 2.30 bits per heavy atom. The Morgan fingerprint density at radius 1 is 1.55 bits per heavy atom. The van der Waals surface area contributed by atoms with Gasteiger partial charge in [0, 0.05) is 26.1 Å².